The van der Waals surface area contributed by atoms with E-state index in [9.17, 15) is 18.0 Å². The zero-order valence-corrected chi connectivity index (χ0v) is 14.3. The molecule has 0 unspecified atom stereocenters. The Kier molecular flexibility index (Phi) is 5.22. The number of piperazine rings is 1. The number of rotatable bonds is 4. The molecule has 0 spiro atoms. The Morgan fingerprint density at radius 3 is 2.27 bits per heavy atom. The van der Waals surface area contributed by atoms with E-state index in [1.165, 1.54) is 12.1 Å². The molecule has 1 amide bonds. The van der Waals surface area contributed by atoms with E-state index in [4.69, 9.17) is 4.42 Å². The van der Waals surface area contributed by atoms with Crippen LogP contribution in [0.4, 0.5) is 13.2 Å². The minimum atomic E-state index is -4.68. The summed E-state index contributed by atoms with van der Waals surface area (Å²) in [6, 6.07) is 9.28. The Labute approximate surface area is 148 Å². The molecule has 140 valence electrons. The van der Waals surface area contributed by atoms with Gasteiger partial charge in [0.15, 0.2) is 5.76 Å². The maximum Gasteiger partial charge on any atom is 0.573 e. The number of nitrogens with zero attached hydrogens (tertiary/aromatic N) is 2. The van der Waals surface area contributed by atoms with Crippen molar-refractivity contribution < 1.29 is 27.1 Å². The lowest BCUT2D eigenvalue weighted by Gasteiger charge is -2.34. The van der Waals surface area contributed by atoms with E-state index in [0.717, 1.165) is 5.56 Å². The first-order chi connectivity index (χ1) is 12.3. The van der Waals surface area contributed by atoms with Crippen molar-refractivity contribution in [3.05, 3.63) is 53.5 Å². The summed E-state index contributed by atoms with van der Waals surface area (Å²) in [5.41, 5.74) is 0.890. The maximum absolute atomic E-state index is 12.3. The minimum absolute atomic E-state index is 0.119. The number of carbonyl (C=O) groups excluding carboxylic acids is 1. The van der Waals surface area contributed by atoms with Crippen LogP contribution >= 0.6 is 0 Å². The molecule has 1 aliphatic heterocycles. The van der Waals surface area contributed by atoms with Gasteiger partial charge in [-0.2, -0.15) is 0 Å². The van der Waals surface area contributed by atoms with Crippen molar-refractivity contribution in [2.75, 3.05) is 26.2 Å². The highest BCUT2D eigenvalue weighted by molar-refractivity contribution is 5.91. The van der Waals surface area contributed by atoms with Gasteiger partial charge in [0.05, 0.1) is 0 Å². The van der Waals surface area contributed by atoms with Crippen molar-refractivity contribution in [1.82, 2.24) is 9.80 Å². The van der Waals surface area contributed by atoms with Gasteiger partial charge < -0.3 is 14.1 Å². The summed E-state index contributed by atoms with van der Waals surface area (Å²) >= 11 is 0. The van der Waals surface area contributed by atoms with Gasteiger partial charge in [0.25, 0.3) is 5.91 Å². The third-order valence-electron chi connectivity index (χ3n) is 4.17. The number of amides is 1. The molecular weight excluding hydrogens is 349 g/mol. The highest BCUT2D eigenvalue weighted by Gasteiger charge is 2.31. The number of hydrogen-bond acceptors (Lipinski definition) is 4. The summed E-state index contributed by atoms with van der Waals surface area (Å²) in [5.74, 6) is 0.693. The molecule has 3 rings (SSSR count). The van der Waals surface area contributed by atoms with Gasteiger partial charge >= 0.3 is 6.36 Å². The van der Waals surface area contributed by atoms with E-state index in [0.29, 0.717) is 44.2 Å². The fraction of sp³-hybridized carbons (Fsp3) is 0.389. The van der Waals surface area contributed by atoms with Gasteiger partial charge in [0.1, 0.15) is 11.5 Å². The predicted molar refractivity (Wildman–Crippen MR) is 87.8 cm³/mol. The van der Waals surface area contributed by atoms with Crippen molar-refractivity contribution >= 4 is 5.91 Å². The van der Waals surface area contributed by atoms with E-state index in [1.807, 2.05) is 0 Å². The zero-order chi connectivity index (χ0) is 18.7. The lowest BCUT2D eigenvalue weighted by atomic mass is 10.2. The fourth-order valence-electron chi connectivity index (χ4n) is 2.87. The van der Waals surface area contributed by atoms with Gasteiger partial charge in [0.2, 0.25) is 0 Å². The van der Waals surface area contributed by atoms with Crippen LogP contribution in [-0.4, -0.2) is 48.2 Å². The maximum atomic E-state index is 12.3. The second-order valence-electron chi connectivity index (χ2n) is 6.17. The Balaban J connectivity index is 1.50. The average Bonchev–Trinajstić information content (AvgIpc) is 3.02. The molecule has 0 N–H and O–H groups in total. The molecule has 1 aromatic carbocycles. The molecule has 1 aromatic heterocycles. The van der Waals surface area contributed by atoms with Gasteiger partial charge in [-0.3, -0.25) is 9.69 Å². The number of ether oxygens (including phenoxy) is 1. The number of hydrogen-bond donors (Lipinski definition) is 0. The topological polar surface area (TPSA) is 45.9 Å². The number of benzene rings is 1. The third-order valence-corrected chi connectivity index (χ3v) is 4.17. The van der Waals surface area contributed by atoms with Gasteiger partial charge in [-0.25, -0.2) is 0 Å². The first kappa shape index (κ1) is 18.3. The Bertz CT molecular complexity index is 748. The molecule has 0 atom stereocenters. The van der Waals surface area contributed by atoms with Crippen LogP contribution in [-0.2, 0) is 6.54 Å². The third kappa shape index (κ3) is 4.78. The Hall–Kier alpha value is -2.48. The van der Waals surface area contributed by atoms with Gasteiger partial charge in [0, 0.05) is 32.7 Å². The molecule has 8 heteroatoms. The van der Waals surface area contributed by atoms with Crippen molar-refractivity contribution in [2.24, 2.45) is 0 Å². The van der Waals surface area contributed by atoms with Gasteiger partial charge in [-0.05, 0) is 36.8 Å². The highest BCUT2D eigenvalue weighted by atomic mass is 19.4. The molecule has 0 aliphatic carbocycles. The smallest absolute Gasteiger partial charge is 0.456 e. The number of carbonyl (C=O) groups is 1. The number of alkyl halides is 3. The van der Waals surface area contributed by atoms with Crippen molar-refractivity contribution in [1.29, 1.82) is 0 Å². The van der Waals surface area contributed by atoms with Crippen molar-refractivity contribution in [2.45, 2.75) is 19.8 Å². The second-order valence-corrected chi connectivity index (χ2v) is 6.17. The largest absolute Gasteiger partial charge is 0.573 e. The molecule has 0 saturated carbocycles. The fourth-order valence-corrected chi connectivity index (χ4v) is 2.87. The van der Waals surface area contributed by atoms with Crippen molar-refractivity contribution in [3.63, 3.8) is 0 Å². The van der Waals surface area contributed by atoms with Crippen LogP contribution in [0.3, 0.4) is 0 Å². The van der Waals surface area contributed by atoms with Crippen LogP contribution in [0, 0.1) is 6.92 Å². The standard InChI is InChI=1S/C18H19F3N2O3/c1-13-2-7-16(25-13)17(24)23-10-8-22(9-11-23)12-14-3-5-15(6-4-14)26-18(19,20)21/h2-7H,8-12H2,1H3. The van der Waals surface area contributed by atoms with Crippen LogP contribution in [0.15, 0.2) is 40.8 Å². The molecule has 1 fully saturated rings. The molecule has 5 nitrogen and oxygen atoms in total. The summed E-state index contributed by atoms with van der Waals surface area (Å²) in [5, 5.41) is 0. The number of aryl methyl sites for hydroxylation is 1. The van der Waals surface area contributed by atoms with E-state index in [-0.39, 0.29) is 11.7 Å². The molecule has 0 bridgehead atoms. The molecule has 1 aliphatic rings. The Morgan fingerprint density at radius 1 is 1.08 bits per heavy atom. The quantitative estimate of drug-likeness (QED) is 0.829. The predicted octanol–water partition coefficient (Wildman–Crippen LogP) is 3.44. The second kappa shape index (κ2) is 7.41. The first-order valence-electron chi connectivity index (χ1n) is 8.23. The molecule has 1 saturated heterocycles. The van der Waals surface area contributed by atoms with E-state index >= 15 is 0 Å². The van der Waals surface area contributed by atoms with E-state index in [2.05, 4.69) is 9.64 Å². The number of furan rings is 1. The molecule has 2 heterocycles. The van der Waals surface area contributed by atoms with Crippen LogP contribution in [0.5, 0.6) is 5.75 Å². The van der Waals surface area contributed by atoms with Crippen LogP contribution in [0.25, 0.3) is 0 Å². The normalized spacial score (nSPS) is 15.9. The minimum Gasteiger partial charge on any atom is -0.456 e. The summed E-state index contributed by atoms with van der Waals surface area (Å²) < 4.78 is 45.7. The summed E-state index contributed by atoms with van der Waals surface area (Å²) in [7, 11) is 0. The number of halogens is 3. The monoisotopic (exact) mass is 368 g/mol. The molecular formula is C18H19F3N2O3. The van der Waals surface area contributed by atoms with E-state index < -0.39 is 6.36 Å². The van der Waals surface area contributed by atoms with Gasteiger partial charge in [-0.1, -0.05) is 12.1 Å². The molecule has 2 aromatic rings. The first-order valence-corrected chi connectivity index (χ1v) is 8.23. The average molecular weight is 368 g/mol. The molecule has 0 radical (unpaired) electrons. The SMILES string of the molecule is Cc1ccc(C(=O)N2CCN(Cc3ccc(OC(F)(F)F)cc3)CC2)o1. The Morgan fingerprint density at radius 2 is 1.73 bits per heavy atom. The van der Waals surface area contributed by atoms with E-state index in [1.54, 1.807) is 36.1 Å². The lowest BCUT2D eigenvalue weighted by Crippen LogP contribution is -2.48. The van der Waals surface area contributed by atoms with Crippen LogP contribution in [0.1, 0.15) is 21.9 Å². The van der Waals surface area contributed by atoms with Crippen molar-refractivity contribution in [3.8, 4) is 5.75 Å². The van der Waals surface area contributed by atoms with Crippen LogP contribution < -0.4 is 4.74 Å². The summed E-state index contributed by atoms with van der Waals surface area (Å²) in [6.45, 7) is 4.92. The van der Waals surface area contributed by atoms with Gasteiger partial charge in [-0.15, -0.1) is 13.2 Å². The summed E-state index contributed by atoms with van der Waals surface area (Å²) in [4.78, 5) is 16.2. The zero-order valence-electron chi connectivity index (χ0n) is 14.3. The lowest BCUT2D eigenvalue weighted by molar-refractivity contribution is -0.274. The molecule has 26 heavy (non-hydrogen) atoms. The highest BCUT2D eigenvalue weighted by Crippen LogP contribution is 2.23. The summed E-state index contributed by atoms with van der Waals surface area (Å²) in [6.07, 6.45) is -4.68. The van der Waals surface area contributed by atoms with Crippen LogP contribution in [0.2, 0.25) is 0 Å².